The number of hydrogen-bond donors (Lipinski definition) is 0. The Morgan fingerprint density at radius 3 is 1.03 bits per heavy atom. The molecule has 3 amide bonds. The lowest BCUT2D eigenvalue weighted by atomic mass is 10.4. The maximum absolute atomic E-state index is 12.3. The first kappa shape index (κ1) is 29.5. The molecule has 0 aliphatic carbocycles. The van der Waals surface area contributed by atoms with Gasteiger partial charge >= 0.3 is 0 Å². The Kier molecular flexibility index (Phi) is 20.6. The molecule has 0 rings (SSSR count). The van der Waals surface area contributed by atoms with Crippen molar-refractivity contribution in [2.45, 2.75) is 0 Å². The molecule has 0 heterocycles. The number of imide groups is 3. The highest BCUT2D eigenvalue weighted by Gasteiger charge is 2.28. The van der Waals surface area contributed by atoms with Gasteiger partial charge in [0.2, 0.25) is 0 Å². The lowest BCUT2D eigenvalue weighted by molar-refractivity contribution is -0.166. The fraction of sp³-hybridized carbons (Fsp3) is 0.833. The van der Waals surface area contributed by atoms with Gasteiger partial charge in [0.15, 0.2) is 0 Å². The van der Waals surface area contributed by atoms with Crippen LogP contribution in [0.25, 0.3) is 0 Å². The van der Waals surface area contributed by atoms with Gasteiger partial charge in [-0.15, -0.1) is 0 Å². The summed E-state index contributed by atoms with van der Waals surface area (Å²) >= 11 is 0. The number of carbonyl (C=O) groups is 3. The average Bonchev–Trinajstić information content (AvgIpc) is 2.75. The zero-order chi connectivity index (χ0) is 23.2. The molecule has 0 saturated heterocycles. The van der Waals surface area contributed by atoms with Gasteiger partial charge in [0, 0.05) is 21.3 Å². The first-order chi connectivity index (χ1) is 15.1. The fourth-order valence-corrected chi connectivity index (χ4v) is 1.78. The third kappa shape index (κ3) is 16.8. The molecule has 0 N–H and O–H groups in total. The molecular formula is C18H33NO12. The second-order valence-electron chi connectivity index (χ2n) is 5.62. The second kappa shape index (κ2) is 21.7. The molecule has 182 valence electrons. The van der Waals surface area contributed by atoms with Crippen molar-refractivity contribution in [3.8, 4) is 0 Å². The number of rotatable bonds is 21. The molecule has 0 aromatic heterocycles. The predicted octanol–water partition coefficient (Wildman–Crippen LogP) is -1.22. The first-order valence-electron chi connectivity index (χ1n) is 9.40. The Hall–Kier alpha value is -1.55. The number of methoxy groups -OCH3 is 3. The van der Waals surface area contributed by atoms with Crippen molar-refractivity contribution in [3.05, 3.63) is 0 Å². The van der Waals surface area contributed by atoms with E-state index in [-0.39, 0.29) is 40.2 Å². The van der Waals surface area contributed by atoms with E-state index >= 15 is 0 Å². The molecule has 0 spiro atoms. The Labute approximate surface area is 181 Å². The largest absolute Gasteiger partial charge is 0.382 e. The Bertz CT molecular complexity index is 410. The third-order valence-corrected chi connectivity index (χ3v) is 3.22. The van der Waals surface area contributed by atoms with E-state index in [4.69, 9.17) is 42.6 Å². The van der Waals surface area contributed by atoms with Gasteiger partial charge in [-0.05, 0) is 0 Å². The van der Waals surface area contributed by atoms with E-state index in [1.54, 1.807) is 0 Å². The van der Waals surface area contributed by atoms with Gasteiger partial charge in [0.1, 0.15) is 40.2 Å². The number of amides is 3. The number of carbonyl (C=O) groups excluding carboxylic acids is 3. The molecule has 0 aliphatic heterocycles. The van der Waals surface area contributed by atoms with Gasteiger partial charge in [-0.2, -0.15) is 0 Å². The molecule has 0 radical (unpaired) electrons. The van der Waals surface area contributed by atoms with E-state index in [0.29, 0.717) is 24.7 Å². The molecular weight excluding hydrogens is 422 g/mol. The predicted molar refractivity (Wildman–Crippen MR) is 103 cm³/mol. The quantitative estimate of drug-likeness (QED) is 0.151. The summed E-state index contributed by atoms with van der Waals surface area (Å²) in [6, 6.07) is 0. The van der Waals surface area contributed by atoms with Crippen LogP contribution in [-0.4, -0.2) is 124 Å². The number of nitrogens with zero attached hydrogens (tertiary/aromatic N) is 1. The zero-order valence-corrected chi connectivity index (χ0v) is 18.3. The molecule has 0 unspecified atom stereocenters. The standard InChI is InChI=1S/C18H33NO12/c1-23-4-7-26-13-29-10-16(20)19(17(21)11-30-14-27-8-5-24-2)18(22)12-31-15-28-9-6-25-3/h4-15H2,1-3H3. The fourth-order valence-electron chi connectivity index (χ4n) is 1.78. The maximum atomic E-state index is 12.3. The maximum Gasteiger partial charge on any atom is 0.262 e. The van der Waals surface area contributed by atoms with Crippen molar-refractivity contribution in [1.29, 1.82) is 0 Å². The summed E-state index contributed by atoms with van der Waals surface area (Å²) in [6.07, 6.45) is 0. The molecule has 31 heavy (non-hydrogen) atoms. The van der Waals surface area contributed by atoms with Crippen molar-refractivity contribution in [1.82, 2.24) is 4.90 Å². The molecule has 0 atom stereocenters. The van der Waals surface area contributed by atoms with E-state index in [1.165, 1.54) is 21.3 Å². The van der Waals surface area contributed by atoms with Crippen LogP contribution in [0.2, 0.25) is 0 Å². The topological polar surface area (TPSA) is 138 Å². The van der Waals surface area contributed by atoms with Crippen LogP contribution in [0.5, 0.6) is 0 Å². The third-order valence-electron chi connectivity index (χ3n) is 3.22. The lowest BCUT2D eigenvalue weighted by Crippen LogP contribution is -2.47. The van der Waals surface area contributed by atoms with Crippen LogP contribution in [0.15, 0.2) is 0 Å². The minimum Gasteiger partial charge on any atom is -0.382 e. The van der Waals surface area contributed by atoms with Crippen LogP contribution >= 0.6 is 0 Å². The number of ether oxygens (including phenoxy) is 9. The summed E-state index contributed by atoms with van der Waals surface area (Å²) in [4.78, 5) is 37.4. The lowest BCUT2D eigenvalue weighted by Gasteiger charge is -2.19. The van der Waals surface area contributed by atoms with E-state index < -0.39 is 37.5 Å². The highest BCUT2D eigenvalue weighted by molar-refractivity contribution is 6.11. The summed E-state index contributed by atoms with van der Waals surface area (Å²) in [5, 5.41) is 0. The van der Waals surface area contributed by atoms with Crippen LogP contribution in [0.1, 0.15) is 0 Å². The van der Waals surface area contributed by atoms with E-state index in [1.807, 2.05) is 0 Å². The molecule has 0 aromatic carbocycles. The van der Waals surface area contributed by atoms with Gasteiger partial charge in [0.05, 0.1) is 39.6 Å². The molecule has 0 bridgehead atoms. The minimum absolute atomic E-state index is 0.209. The van der Waals surface area contributed by atoms with Gasteiger partial charge < -0.3 is 42.6 Å². The van der Waals surface area contributed by atoms with Crippen LogP contribution in [-0.2, 0) is 57.0 Å². The second-order valence-corrected chi connectivity index (χ2v) is 5.62. The van der Waals surface area contributed by atoms with Crippen LogP contribution in [0, 0.1) is 0 Å². The Balaban J connectivity index is 4.52. The SMILES string of the molecule is COCCOCOCC(=O)N(C(=O)COCOCCOC)C(=O)COCOCCOC. The molecule has 0 aromatic rings. The van der Waals surface area contributed by atoms with Gasteiger partial charge in [-0.25, -0.2) is 4.90 Å². The van der Waals surface area contributed by atoms with Crippen molar-refractivity contribution in [2.24, 2.45) is 0 Å². The molecule has 0 aliphatic rings. The highest BCUT2D eigenvalue weighted by atomic mass is 16.7. The zero-order valence-electron chi connectivity index (χ0n) is 18.3. The molecule has 13 heteroatoms. The van der Waals surface area contributed by atoms with Crippen LogP contribution in [0.3, 0.4) is 0 Å². The van der Waals surface area contributed by atoms with E-state index in [2.05, 4.69) is 0 Å². The highest BCUT2D eigenvalue weighted by Crippen LogP contribution is 1.98. The average molecular weight is 455 g/mol. The van der Waals surface area contributed by atoms with E-state index in [9.17, 15) is 14.4 Å². The Morgan fingerprint density at radius 2 is 0.774 bits per heavy atom. The molecule has 13 nitrogen and oxygen atoms in total. The minimum atomic E-state index is -0.891. The van der Waals surface area contributed by atoms with Crippen molar-refractivity contribution in [3.63, 3.8) is 0 Å². The van der Waals surface area contributed by atoms with E-state index in [0.717, 1.165) is 0 Å². The van der Waals surface area contributed by atoms with Crippen molar-refractivity contribution >= 4 is 17.7 Å². The normalized spacial score (nSPS) is 10.9. The van der Waals surface area contributed by atoms with Gasteiger partial charge in [-0.3, -0.25) is 14.4 Å². The summed E-state index contributed by atoms with van der Waals surface area (Å²) in [5.74, 6) is -2.67. The molecule has 0 saturated carbocycles. The monoisotopic (exact) mass is 455 g/mol. The van der Waals surface area contributed by atoms with Crippen molar-refractivity contribution < 1.29 is 57.0 Å². The van der Waals surface area contributed by atoms with Gasteiger partial charge in [0.25, 0.3) is 17.7 Å². The summed E-state index contributed by atoms with van der Waals surface area (Å²) < 4.78 is 44.7. The van der Waals surface area contributed by atoms with Crippen LogP contribution in [0.4, 0.5) is 0 Å². The summed E-state index contributed by atoms with van der Waals surface area (Å²) in [7, 11) is 4.54. The smallest absolute Gasteiger partial charge is 0.262 e. The first-order valence-corrected chi connectivity index (χ1v) is 9.40. The van der Waals surface area contributed by atoms with Crippen molar-refractivity contribution in [2.75, 3.05) is 101 Å². The summed E-state index contributed by atoms with van der Waals surface area (Å²) in [5.41, 5.74) is 0. The van der Waals surface area contributed by atoms with Crippen LogP contribution < -0.4 is 0 Å². The molecule has 0 fully saturated rings. The number of hydrogen-bond acceptors (Lipinski definition) is 12. The van der Waals surface area contributed by atoms with Gasteiger partial charge in [-0.1, -0.05) is 0 Å². The Morgan fingerprint density at radius 1 is 0.484 bits per heavy atom. The summed E-state index contributed by atoms with van der Waals surface area (Å²) in [6.45, 7) is -0.440.